The van der Waals surface area contributed by atoms with Crippen LogP contribution in [0.25, 0.3) is 33.7 Å². The van der Waals surface area contributed by atoms with Crippen LogP contribution in [0.15, 0.2) is 96.8 Å². The Hall–Kier alpha value is -4.34. The van der Waals surface area contributed by atoms with E-state index in [9.17, 15) is 0 Å². The summed E-state index contributed by atoms with van der Waals surface area (Å²) in [7, 11) is 0. The van der Waals surface area contributed by atoms with Gasteiger partial charge in [-0.3, -0.25) is 10.00 Å². The van der Waals surface area contributed by atoms with Crippen LogP contribution >= 0.6 is 11.8 Å². The maximum absolute atomic E-state index is 4.94. The maximum Gasteiger partial charge on any atom is 0.253 e. The highest BCUT2D eigenvalue weighted by atomic mass is 32.2. The molecule has 1 aliphatic rings. The highest BCUT2D eigenvalue weighted by Crippen LogP contribution is 2.32. The molecule has 212 valence electrons. The number of allylic oxidation sites excluding steroid dienone is 5. The van der Waals surface area contributed by atoms with Gasteiger partial charge in [0, 0.05) is 29.8 Å². The molecule has 4 heterocycles. The van der Waals surface area contributed by atoms with E-state index in [1.807, 2.05) is 55.8 Å². The van der Waals surface area contributed by atoms with Gasteiger partial charge in [0.05, 0.1) is 5.69 Å². The first-order valence-electron chi connectivity index (χ1n) is 14.2. The average molecular weight is 575 g/mol. The lowest BCUT2D eigenvalue weighted by atomic mass is 9.95. The molecule has 0 unspecified atom stereocenters. The van der Waals surface area contributed by atoms with Crippen molar-refractivity contribution >= 4 is 23.1 Å². The summed E-state index contributed by atoms with van der Waals surface area (Å²) >= 11 is 1.52. The topological polar surface area (TPSA) is 87.9 Å². The van der Waals surface area contributed by atoms with Crippen LogP contribution in [0.5, 0.6) is 0 Å². The Labute approximate surface area is 250 Å². The molecule has 0 amide bonds. The molecular formula is C33H34N8S. The Balaban J connectivity index is 1.13. The van der Waals surface area contributed by atoms with Crippen molar-refractivity contribution in [3.63, 3.8) is 0 Å². The molecule has 8 nitrogen and oxygen atoms in total. The average Bonchev–Trinajstić information content (AvgIpc) is 3.69. The fraction of sp³-hybridized carbons (Fsp3) is 0.242. The summed E-state index contributed by atoms with van der Waals surface area (Å²) in [5, 5.41) is 12.9. The molecule has 1 aliphatic heterocycles. The van der Waals surface area contributed by atoms with Crippen molar-refractivity contribution < 1.29 is 0 Å². The summed E-state index contributed by atoms with van der Waals surface area (Å²) in [6.07, 6.45) is 13.8. The summed E-state index contributed by atoms with van der Waals surface area (Å²) in [4.78, 5) is 16.8. The number of hydrogen-bond donors (Lipinski definition) is 1. The van der Waals surface area contributed by atoms with Gasteiger partial charge in [-0.25, -0.2) is 14.5 Å². The summed E-state index contributed by atoms with van der Waals surface area (Å²) in [5.41, 5.74) is 6.44. The number of fused-ring (bicyclic) bond motifs is 1. The monoisotopic (exact) mass is 574 g/mol. The highest BCUT2D eigenvalue weighted by molar-refractivity contribution is 7.98. The molecule has 3 aromatic heterocycles. The van der Waals surface area contributed by atoms with E-state index in [1.165, 1.54) is 17.3 Å². The molecule has 0 radical (unpaired) electrons. The zero-order chi connectivity index (χ0) is 28.9. The van der Waals surface area contributed by atoms with Gasteiger partial charge >= 0.3 is 0 Å². The SMILES string of the molecule is C=C/C=C\C=C(/C)c1n[nH]c(C2CCN(Cc3ccc(-c4nc5nc(SC)nn5cc4-c4ccccc4)cc3)CC2)n1. The Morgan fingerprint density at radius 1 is 1.00 bits per heavy atom. The van der Waals surface area contributed by atoms with Gasteiger partial charge in [0.2, 0.25) is 5.16 Å². The van der Waals surface area contributed by atoms with Crippen LogP contribution in [-0.4, -0.2) is 59.0 Å². The first kappa shape index (κ1) is 27.8. The van der Waals surface area contributed by atoms with Crippen LogP contribution < -0.4 is 0 Å². The molecule has 1 N–H and O–H groups in total. The van der Waals surface area contributed by atoms with Gasteiger partial charge in [-0.15, -0.1) is 5.10 Å². The van der Waals surface area contributed by atoms with E-state index in [0.29, 0.717) is 16.9 Å². The zero-order valence-corrected chi connectivity index (χ0v) is 24.8. The molecule has 5 aromatic rings. The van der Waals surface area contributed by atoms with Crippen LogP contribution in [0.3, 0.4) is 0 Å². The van der Waals surface area contributed by atoms with E-state index >= 15 is 0 Å². The molecule has 0 saturated carbocycles. The number of rotatable bonds is 9. The summed E-state index contributed by atoms with van der Waals surface area (Å²) in [6, 6.07) is 19.1. The summed E-state index contributed by atoms with van der Waals surface area (Å²) < 4.78 is 1.77. The number of aromatic amines is 1. The summed E-state index contributed by atoms with van der Waals surface area (Å²) in [5.74, 6) is 2.77. The van der Waals surface area contributed by atoms with Crippen LogP contribution in [0.4, 0.5) is 0 Å². The minimum atomic E-state index is 0.405. The first-order valence-corrected chi connectivity index (χ1v) is 15.4. The minimum absolute atomic E-state index is 0.405. The Morgan fingerprint density at radius 2 is 1.79 bits per heavy atom. The Morgan fingerprint density at radius 3 is 2.52 bits per heavy atom. The fourth-order valence-electron chi connectivity index (χ4n) is 5.31. The molecule has 2 aromatic carbocycles. The van der Waals surface area contributed by atoms with Gasteiger partial charge in [-0.1, -0.05) is 97.2 Å². The van der Waals surface area contributed by atoms with Gasteiger partial charge in [0.15, 0.2) is 5.82 Å². The third-order valence-electron chi connectivity index (χ3n) is 7.64. The van der Waals surface area contributed by atoms with Crippen molar-refractivity contribution in [2.75, 3.05) is 19.3 Å². The van der Waals surface area contributed by atoms with Crippen molar-refractivity contribution in [1.29, 1.82) is 0 Å². The van der Waals surface area contributed by atoms with Crippen LogP contribution in [-0.2, 0) is 6.54 Å². The van der Waals surface area contributed by atoms with Crippen LogP contribution in [0, 0.1) is 0 Å². The van der Waals surface area contributed by atoms with Crippen molar-refractivity contribution in [3.05, 3.63) is 109 Å². The fourth-order valence-corrected chi connectivity index (χ4v) is 5.66. The molecule has 0 bridgehead atoms. The van der Waals surface area contributed by atoms with Crippen molar-refractivity contribution in [2.24, 2.45) is 0 Å². The van der Waals surface area contributed by atoms with Gasteiger partial charge < -0.3 is 0 Å². The standard InChI is InChI=1S/C33H34N8S/c1-4-5-7-10-23(2)30-35-31(38-37-30)27-17-19-40(20-18-27)21-24-13-15-26(16-14-24)29-28(25-11-8-6-9-12-25)22-41-32(34-29)36-33(39-41)42-3/h4-16,22,27H,1,17-21H2,2-3H3,(H,35,37,38)/b7-5-,23-10+. The minimum Gasteiger partial charge on any atom is -0.299 e. The van der Waals surface area contributed by atoms with E-state index in [1.54, 1.807) is 10.6 Å². The molecule has 42 heavy (non-hydrogen) atoms. The van der Waals surface area contributed by atoms with Crippen molar-refractivity contribution in [2.45, 2.75) is 37.4 Å². The predicted octanol–water partition coefficient (Wildman–Crippen LogP) is 6.82. The highest BCUT2D eigenvalue weighted by Gasteiger charge is 2.24. The number of nitrogens with one attached hydrogen (secondary N) is 1. The quantitative estimate of drug-likeness (QED) is 0.153. The van der Waals surface area contributed by atoms with E-state index in [4.69, 9.17) is 9.97 Å². The second-order valence-corrected chi connectivity index (χ2v) is 11.2. The van der Waals surface area contributed by atoms with Crippen LogP contribution in [0.1, 0.15) is 42.9 Å². The number of nitrogens with zero attached hydrogens (tertiary/aromatic N) is 7. The number of likely N-dealkylation sites (tertiary alicyclic amines) is 1. The number of aromatic nitrogens is 7. The predicted molar refractivity (Wildman–Crippen MR) is 170 cm³/mol. The van der Waals surface area contributed by atoms with E-state index in [-0.39, 0.29) is 0 Å². The third-order valence-corrected chi connectivity index (χ3v) is 8.17. The smallest absolute Gasteiger partial charge is 0.253 e. The molecular weight excluding hydrogens is 540 g/mol. The Kier molecular flexibility index (Phi) is 8.39. The Bertz CT molecular complexity index is 1730. The molecule has 1 saturated heterocycles. The number of piperidine rings is 1. The van der Waals surface area contributed by atoms with Gasteiger partial charge in [-0.05, 0) is 55.8 Å². The largest absolute Gasteiger partial charge is 0.299 e. The van der Waals surface area contributed by atoms with E-state index in [2.05, 4.69) is 68.2 Å². The van der Waals surface area contributed by atoms with E-state index < -0.39 is 0 Å². The van der Waals surface area contributed by atoms with Gasteiger partial charge in [0.25, 0.3) is 5.78 Å². The molecule has 9 heteroatoms. The normalized spacial score (nSPS) is 15.1. The molecule has 0 aliphatic carbocycles. The second-order valence-electron chi connectivity index (χ2n) is 10.5. The molecule has 0 atom stereocenters. The maximum atomic E-state index is 4.94. The summed E-state index contributed by atoms with van der Waals surface area (Å²) in [6.45, 7) is 8.71. The number of benzene rings is 2. The van der Waals surface area contributed by atoms with Gasteiger partial charge in [-0.2, -0.15) is 10.1 Å². The van der Waals surface area contributed by atoms with Gasteiger partial charge in [0.1, 0.15) is 5.82 Å². The molecule has 6 rings (SSSR count). The zero-order valence-electron chi connectivity index (χ0n) is 23.9. The van der Waals surface area contributed by atoms with Crippen molar-refractivity contribution in [1.82, 2.24) is 39.7 Å². The number of hydrogen-bond acceptors (Lipinski definition) is 7. The molecule has 0 spiro atoms. The van der Waals surface area contributed by atoms with Crippen molar-refractivity contribution in [3.8, 4) is 22.4 Å². The first-order chi connectivity index (χ1) is 20.6. The lowest BCUT2D eigenvalue weighted by molar-refractivity contribution is 0.202. The third kappa shape index (κ3) is 6.12. The van der Waals surface area contributed by atoms with Crippen LogP contribution in [0.2, 0.25) is 0 Å². The number of H-pyrrole nitrogens is 1. The molecule has 1 fully saturated rings. The lowest BCUT2D eigenvalue weighted by Gasteiger charge is -2.31. The number of thioether (sulfide) groups is 1. The van der Waals surface area contributed by atoms with E-state index in [0.717, 1.165) is 72.1 Å². The lowest BCUT2D eigenvalue weighted by Crippen LogP contribution is -2.32. The second kappa shape index (κ2) is 12.7.